The Hall–Kier alpha value is -0.130. The molecular formula is C9H22N2O2S. The van der Waals surface area contributed by atoms with E-state index < -0.39 is 10.0 Å². The first-order chi connectivity index (χ1) is 6.58. The second-order valence-electron chi connectivity index (χ2n) is 3.30. The first-order valence-corrected chi connectivity index (χ1v) is 6.87. The van der Waals surface area contributed by atoms with Crippen LogP contribution in [0, 0.1) is 0 Å². The van der Waals surface area contributed by atoms with Crippen molar-refractivity contribution in [3.05, 3.63) is 0 Å². The molecule has 0 aromatic rings. The van der Waals surface area contributed by atoms with Crippen molar-refractivity contribution < 1.29 is 8.42 Å². The van der Waals surface area contributed by atoms with E-state index in [0.29, 0.717) is 19.6 Å². The molecule has 0 saturated carbocycles. The van der Waals surface area contributed by atoms with E-state index in [0.717, 1.165) is 19.3 Å². The Labute approximate surface area is 87.5 Å². The lowest BCUT2D eigenvalue weighted by molar-refractivity contribution is 0.422. The van der Waals surface area contributed by atoms with Crippen LogP contribution in [0.15, 0.2) is 0 Å². The molecule has 0 bridgehead atoms. The van der Waals surface area contributed by atoms with E-state index in [-0.39, 0.29) is 5.75 Å². The van der Waals surface area contributed by atoms with E-state index in [1.165, 1.54) is 4.31 Å². The van der Waals surface area contributed by atoms with Crippen molar-refractivity contribution in [1.82, 2.24) is 4.31 Å². The fourth-order valence-electron chi connectivity index (χ4n) is 1.22. The van der Waals surface area contributed by atoms with Crippen molar-refractivity contribution in [3.8, 4) is 0 Å². The second-order valence-corrected chi connectivity index (χ2v) is 5.39. The molecule has 0 rings (SSSR count). The highest BCUT2D eigenvalue weighted by atomic mass is 32.2. The summed E-state index contributed by atoms with van der Waals surface area (Å²) in [6.45, 7) is 5.50. The average Bonchev–Trinajstić information content (AvgIpc) is 2.16. The molecule has 0 atom stereocenters. The summed E-state index contributed by atoms with van der Waals surface area (Å²) < 4.78 is 24.9. The number of nitrogens with two attached hydrogens (primary N) is 1. The topological polar surface area (TPSA) is 63.4 Å². The van der Waals surface area contributed by atoms with Gasteiger partial charge >= 0.3 is 0 Å². The van der Waals surface area contributed by atoms with Gasteiger partial charge in [-0.05, 0) is 19.4 Å². The molecule has 0 aliphatic rings. The standard InChI is InChI=1S/C9H22N2O2S/c1-3-5-9-14(12,13)11(4-2)8-6-7-10/h3-10H2,1-2H3. The van der Waals surface area contributed by atoms with Crippen molar-refractivity contribution in [2.24, 2.45) is 5.73 Å². The Morgan fingerprint density at radius 1 is 1.21 bits per heavy atom. The van der Waals surface area contributed by atoms with E-state index in [9.17, 15) is 8.42 Å². The molecule has 0 unspecified atom stereocenters. The first kappa shape index (κ1) is 13.9. The molecule has 0 spiro atoms. The van der Waals surface area contributed by atoms with Gasteiger partial charge < -0.3 is 5.73 Å². The van der Waals surface area contributed by atoms with Crippen LogP contribution in [0.5, 0.6) is 0 Å². The predicted octanol–water partition coefficient (Wildman–Crippen LogP) is 0.787. The molecule has 86 valence electrons. The third-order valence-electron chi connectivity index (χ3n) is 2.11. The molecule has 0 heterocycles. The second kappa shape index (κ2) is 7.20. The SMILES string of the molecule is CCCCS(=O)(=O)N(CC)CCCN. The van der Waals surface area contributed by atoms with Gasteiger partial charge in [-0.1, -0.05) is 20.3 Å². The maximum atomic E-state index is 11.7. The molecule has 0 fully saturated rings. The summed E-state index contributed by atoms with van der Waals surface area (Å²) >= 11 is 0. The van der Waals surface area contributed by atoms with E-state index in [1.807, 2.05) is 13.8 Å². The number of hydrogen-bond donors (Lipinski definition) is 1. The van der Waals surface area contributed by atoms with Gasteiger partial charge in [0.1, 0.15) is 0 Å². The van der Waals surface area contributed by atoms with Crippen molar-refractivity contribution in [2.45, 2.75) is 33.1 Å². The van der Waals surface area contributed by atoms with Crippen molar-refractivity contribution in [3.63, 3.8) is 0 Å². The van der Waals surface area contributed by atoms with Crippen LogP contribution in [0.1, 0.15) is 33.1 Å². The average molecular weight is 222 g/mol. The van der Waals surface area contributed by atoms with Crippen molar-refractivity contribution in [2.75, 3.05) is 25.4 Å². The zero-order valence-electron chi connectivity index (χ0n) is 9.20. The van der Waals surface area contributed by atoms with Gasteiger partial charge in [0.15, 0.2) is 0 Å². The Morgan fingerprint density at radius 3 is 2.29 bits per heavy atom. The zero-order valence-corrected chi connectivity index (χ0v) is 10.0. The number of sulfonamides is 1. The van der Waals surface area contributed by atoms with Crippen molar-refractivity contribution in [1.29, 1.82) is 0 Å². The minimum absolute atomic E-state index is 0.266. The smallest absolute Gasteiger partial charge is 0.214 e. The maximum absolute atomic E-state index is 11.7. The summed E-state index contributed by atoms with van der Waals surface area (Å²) in [5, 5.41) is 0. The van der Waals surface area contributed by atoms with Crippen LogP contribution in [-0.2, 0) is 10.0 Å². The molecule has 0 aliphatic carbocycles. The number of nitrogens with zero attached hydrogens (tertiary/aromatic N) is 1. The van der Waals surface area contributed by atoms with Gasteiger partial charge in [0.25, 0.3) is 0 Å². The molecule has 0 saturated heterocycles. The molecule has 0 amide bonds. The van der Waals surface area contributed by atoms with Gasteiger partial charge in [-0.15, -0.1) is 0 Å². The van der Waals surface area contributed by atoms with Crippen LogP contribution in [0.4, 0.5) is 0 Å². The van der Waals surface area contributed by atoms with Gasteiger partial charge in [-0.3, -0.25) is 0 Å². The summed E-state index contributed by atoms with van der Waals surface area (Å²) in [4.78, 5) is 0. The molecule has 0 aromatic heterocycles. The van der Waals surface area contributed by atoms with Crippen LogP contribution < -0.4 is 5.73 Å². The van der Waals surface area contributed by atoms with Crippen LogP contribution >= 0.6 is 0 Å². The highest BCUT2D eigenvalue weighted by Gasteiger charge is 2.18. The van der Waals surface area contributed by atoms with E-state index >= 15 is 0 Å². The molecule has 0 radical (unpaired) electrons. The molecule has 5 heteroatoms. The van der Waals surface area contributed by atoms with Crippen LogP contribution in [0.25, 0.3) is 0 Å². The molecule has 4 nitrogen and oxygen atoms in total. The quantitative estimate of drug-likeness (QED) is 0.660. The summed E-state index contributed by atoms with van der Waals surface area (Å²) in [6.07, 6.45) is 2.38. The maximum Gasteiger partial charge on any atom is 0.214 e. The number of hydrogen-bond acceptors (Lipinski definition) is 3. The summed E-state index contributed by atoms with van der Waals surface area (Å²) in [7, 11) is -3.03. The minimum Gasteiger partial charge on any atom is -0.330 e. The van der Waals surface area contributed by atoms with E-state index in [2.05, 4.69) is 0 Å². The molecule has 2 N–H and O–H groups in total. The van der Waals surface area contributed by atoms with Gasteiger partial charge in [0.05, 0.1) is 5.75 Å². The number of unbranched alkanes of at least 4 members (excludes halogenated alkanes) is 1. The van der Waals surface area contributed by atoms with Crippen LogP contribution in [0.3, 0.4) is 0 Å². The van der Waals surface area contributed by atoms with E-state index in [4.69, 9.17) is 5.73 Å². The lowest BCUT2D eigenvalue weighted by Gasteiger charge is -2.19. The monoisotopic (exact) mass is 222 g/mol. The Balaban J connectivity index is 4.19. The largest absolute Gasteiger partial charge is 0.330 e. The Morgan fingerprint density at radius 2 is 1.86 bits per heavy atom. The normalized spacial score (nSPS) is 12.3. The van der Waals surface area contributed by atoms with Gasteiger partial charge in [-0.25, -0.2) is 12.7 Å². The van der Waals surface area contributed by atoms with Crippen molar-refractivity contribution >= 4 is 10.0 Å². The number of rotatable bonds is 8. The Kier molecular flexibility index (Phi) is 7.13. The lowest BCUT2D eigenvalue weighted by Crippen LogP contribution is -2.34. The minimum atomic E-state index is -3.03. The highest BCUT2D eigenvalue weighted by Crippen LogP contribution is 2.05. The first-order valence-electron chi connectivity index (χ1n) is 5.26. The summed E-state index contributed by atoms with van der Waals surface area (Å²) in [5.41, 5.74) is 5.35. The van der Waals surface area contributed by atoms with Crippen LogP contribution in [-0.4, -0.2) is 38.1 Å². The summed E-state index contributed by atoms with van der Waals surface area (Å²) in [6, 6.07) is 0. The van der Waals surface area contributed by atoms with Gasteiger partial charge in [0, 0.05) is 13.1 Å². The molecular weight excluding hydrogens is 200 g/mol. The predicted molar refractivity (Wildman–Crippen MR) is 59.6 cm³/mol. The van der Waals surface area contributed by atoms with Gasteiger partial charge in [0.2, 0.25) is 10.0 Å². The van der Waals surface area contributed by atoms with E-state index in [1.54, 1.807) is 0 Å². The lowest BCUT2D eigenvalue weighted by atomic mass is 10.4. The summed E-state index contributed by atoms with van der Waals surface area (Å²) in [5.74, 6) is 0.266. The fourth-order valence-corrected chi connectivity index (χ4v) is 2.93. The van der Waals surface area contributed by atoms with Crippen LogP contribution in [0.2, 0.25) is 0 Å². The Bertz CT molecular complexity index is 227. The van der Waals surface area contributed by atoms with Gasteiger partial charge in [-0.2, -0.15) is 0 Å². The molecule has 0 aromatic carbocycles. The third-order valence-corrected chi connectivity index (χ3v) is 4.15. The third kappa shape index (κ3) is 4.93. The fraction of sp³-hybridized carbons (Fsp3) is 1.00. The molecule has 14 heavy (non-hydrogen) atoms. The molecule has 0 aliphatic heterocycles. The zero-order chi connectivity index (χ0) is 11.0. The highest BCUT2D eigenvalue weighted by molar-refractivity contribution is 7.89.